The Morgan fingerprint density at radius 1 is 1.23 bits per heavy atom. The van der Waals surface area contributed by atoms with Crippen molar-refractivity contribution in [3.05, 3.63) is 57.8 Å². The highest BCUT2D eigenvalue weighted by molar-refractivity contribution is 7.10. The van der Waals surface area contributed by atoms with Crippen LogP contribution in [-0.4, -0.2) is 38.0 Å². The van der Waals surface area contributed by atoms with Crippen molar-refractivity contribution in [2.45, 2.75) is 32.4 Å². The molecule has 2 unspecified atom stereocenters. The summed E-state index contributed by atoms with van der Waals surface area (Å²) in [6, 6.07) is 13.4. The van der Waals surface area contributed by atoms with Gasteiger partial charge in [-0.15, -0.1) is 11.3 Å². The lowest BCUT2D eigenvalue weighted by molar-refractivity contribution is 0.125. The smallest absolute Gasteiger partial charge is 0.191 e. The molecule has 0 amide bonds. The van der Waals surface area contributed by atoms with Crippen molar-refractivity contribution >= 4 is 17.3 Å². The first-order valence-corrected chi connectivity index (χ1v) is 10.3. The summed E-state index contributed by atoms with van der Waals surface area (Å²) in [7, 11) is 4.10. The molecule has 0 radical (unpaired) electrons. The number of nitrogens with one attached hydrogen (secondary N) is 2. The van der Waals surface area contributed by atoms with Crippen LogP contribution in [0.1, 0.15) is 34.9 Å². The second-order valence-corrected chi connectivity index (χ2v) is 8.06. The van der Waals surface area contributed by atoms with Crippen LogP contribution in [0.15, 0.2) is 46.8 Å². The zero-order chi connectivity index (χ0) is 18.4. The van der Waals surface area contributed by atoms with Crippen LogP contribution in [0.3, 0.4) is 0 Å². The number of thiophene rings is 1. The summed E-state index contributed by atoms with van der Waals surface area (Å²) in [5.74, 6) is 1.48. The normalized spacial score (nSPS) is 21.6. The third-order valence-electron chi connectivity index (χ3n) is 5.30. The molecule has 2 atom stereocenters. The minimum absolute atomic E-state index is 0.505. The molecule has 1 aliphatic rings. The maximum atomic E-state index is 4.41. The zero-order valence-electron chi connectivity index (χ0n) is 16.0. The van der Waals surface area contributed by atoms with Crippen molar-refractivity contribution in [1.29, 1.82) is 0 Å². The number of benzene rings is 1. The van der Waals surface area contributed by atoms with Gasteiger partial charge in [0.1, 0.15) is 0 Å². The molecule has 5 heteroatoms. The second kappa shape index (κ2) is 9.19. The van der Waals surface area contributed by atoms with Crippen molar-refractivity contribution in [2.75, 3.05) is 27.2 Å². The van der Waals surface area contributed by atoms with Gasteiger partial charge >= 0.3 is 0 Å². The van der Waals surface area contributed by atoms with E-state index in [1.54, 1.807) is 0 Å². The molecule has 0 aliphatic carbocycles. The van der Waals surface area contributed by atoms with E-state index in [0.29, 0.717) is 12.0 Å². The molecule has 1 aromatic carbocycles. The molecule has 1 aliphatic heterocycles. The summed E-state index contributed by atoms with van der Waals surface area (Å²) in [5.41, 5.74) is 2.62. The molecule has 3 rings (SSSR count). The highest BCUT2D eigenvalue weighted by atomic mass is 32.1. The summed E-state index contributed by atoms with van der Waals surface area (Å²) < 4.78 is 0. The lowest BCUT2D eigenvalue weighted by atomic mass is 9.88. The summed E-state index contributed by atoms with van der Waals surface area (Å²) >= 11 is 1.87. The fourth-order valence-electron chi connectivity index (χ4n) is 3.82. The number of aliphatic imine (C=N–C) groups is 1. The van der Waals surface area contributed by atoms with Crippen molar-refractivity contribution in [3.63, 3.8) is 0 Å². The third kappa shape index (κ3) is 4.65. The second-order valence-electron chi connectivity index (χ2n) is 7.08. The number of hydrogen-bond donors (Lipinski definition) is 2. The van der Waals surface area contributed by atoms with Gasteiger partial charge in [-0.1, -0.05) is 30.3 Å². The van der Waals surface area contributed by atoms with Gasteiger partial charge in [0, 0.05) is 31.1 Å². The van der Waals surface area contributed by atoms with E-state index in [4.69, 9.17) is 0 Å². The van der Waals surface area contributed by atoms with Gasteiger partial charge in [0.15, 0.2) is 5.96 Å². The van der Waals surface area contributed by atoms with Crippen molar-refractivity contribution in [1.82, 2.24) is 15.5 Å². The van der Waals surface area contributed by atoms with Gasteiger partial charge < -0.3 is 10.6 Å². The summed E-state index contributed by atoms with van der Waals surface area (Å²) in [6.45, 7) is 5.07. The Hall–Kier alpha value is -1.85. The SMILES string of the molecule is CN=C(NCc1ccccc1C)NCC1CCCN(C)C1c1cccs1. The molecule has 26 heavy (non-hydrogen) atoms. The number of hydrogen-bond acceptors (Lipinski definition) is 3. The van der Waals surface area contributed by atoms with Gasteiger partial charge in [0.05, 0.1) is 0 Å². The average molecular weight is 371 g/mol. The van der Waals surface area contributed by atoms with Gasteiger partial charge in [-0.3, -0.25) is 9.89 Å². The summed E-state index contributed by atoms with van der Waals surface area (Å²) in [4.78, 5) is 8.39. The monoisotopic (exact) mass is 370 g/mol. The first-order chi connectivity index (χ1) is 12.7. The molecule has 2 heterocycles. The quantitative estimate of drug-likeness (QED) is 0.621. The highest BCUT2D eigenvalue weighted by Gasteiger charge is 2.31. The molecule has 0 spiro atoms. The highest BCUT2D eigenvalue weighted by Crippen LogP contribution is 2.36. The van der Waals surface area contributed by atoms with Crippen molar-refractivity contribution in [2.24, 2.45) is 10.9 Å². The predicted octanol–water partition coefficient (Wildman–Crippen LogP) is 3.80. The Morgan fingerprint density at radius 3 is 2.81 bits per heavy atom. The van der Waals surface area contributed by atoms with E-state index < -0.39 is 0 Å². The van der Waals surface area contributed by atoms with Gasteiger partial charge in [-0.2, -0.15) is 0 Å². The zero-order valence-corrected chi connectivity index (χ0v) is 16.9. The molecule has 1 aromatic heterocycles. The average Bonchev–Trinajstić information content (AvgIpc) is 3.17. The minimum Gasteiger partial charge on any atom is -0.356 e. The van der Waals surface area contributed by atoms with Crippen LogP contribution in [-0.2, 0) is 6.54 Å². The molecule has 1 fully saturated rings. The van der Waals surface area contributed by atoms with E-state index in [9.17, 15) is 0 Å². The van der Waals surface area contributed by atoms with Crippen LogP contribution in [0.25, 0.3) is 0 Å². The standard InChI is InChI=1S/C21H30N4S/c1-16-8-4-5-9-17(16)14-23-21(22-2)24-15-18-10-6-12-25(3)20(18)19-11-7-13-26-19/h4-5,7-9,11,13,18,20H,6,10,12,14-15H2,1-3H3,(H2,22,23,24). The lowest BCUT2D eigenvalue weighted by Gasteiger charge is -2.39. The largest absolute Gasteiger partial charge is 0.356 e. The molecule has 0 bridgehead atoms. The van der Waals surface area contributed by atoms with Gasteiger partial charge in [-0.05, 0) is 61.8 Å². The van der Waals surface area contributed by atoms with Gasteiger partial charge in [-0.25, -0.2) is 0 Å². The third-order valence-corrected chi connectivity index (χ3v) is 6.25. The summed E-state index contributed by atoms with van der Waals surface area (Å²) in [6.07, 6.45) is 2.52. The topological polar surface area (TPSA) is 39.7 Å². The molecule has 0 saturated carbocycles. The molecule has 1 saturated heterocycles. The van der Waals surface area contributed by atoms with E-state index in [1.165, 1.54) is 35.4 Å². The van der Waals surface area contributed by atoms with Crippen LogP contribution in [0, 0.1) is 12.8 Å². The van der Waals surface area contributed by atoms with Crippen molar-refractivity contribution in [3.8, 4) is 0 Å². The predicted molar refractivity (Wildman–Crippen MR) is 112 cm³/mol. The lowest BCUT2D eigenvalue weighted by Crippen LogP contribution is -2.44. The van der Waals surface area contributed by atoms with Crippen LogP contribution >= 0.6 is 11.3 Å². The molecule has 2 N–H and O–H groups in total. The fraction of sp³-hybridized carbons (Fsp3) is 0.476. The fourth-order valence-corrected chi connectivity index (χ4v) is 4.80. The molecule has 2 aromatic rings. The molecule has 140 valence electrons. The molecule has 4 nitrogen and oxygen atoms in total. The van der Waals surface area contributed by atoms with E-state index in [0.717, 1.165) is 19.0 Å². The Labute approximate surface area is 161 Å². The first-order valence-electron chi connectivity index (χ1n) is 9.41. The Bertz CT molecular complexity index is 711. The van der Waals surface area contributed by atoms with Crippen LogP contribution < -0.4 is 10.6 Å². The number of likely N-dealkylation sites (tertiary alicyclic amines) is 1. The Morgan fingerprint density at radius 2 is 2.08 bits per heavy atom. The summed E-state index contributed by atoms with van der Waals surface area (Å²) in [5, 5.41) is 9.20. The first kappa shape index (κ1) is 18.9. The minimum atomic E-state index is 0.505. The Kier molecular flexibility index (Phi) is 6.69. The van der Waals surface area contributed by atoms with Crippen LogP contribution in [0.4, 0.5) is 0 Å². The number of nitrogens with zero attached hydrogens (tertiary/aromatic N) is 2. The number of piperidine rings is 1. The van der Waals surface area contributed by atoms with Crippen LogP contribution in [0.5, 0.6) is 0 Å². The van der Waals surface area contributed by atoms with Crippen molar-refractivity contribution < 1.29 is 0 Å². The van der Waals surface area contributed by atoms with Gasteiger partial charge in [0.25, 0.3) is 0 Å². The van der Waals surface area contributed by atoms with E-state index in [-0.39, 0.29) is 0 Å². The number of rotatable bonds is 5. The maximum absolute atomic E-state index is 4.41. The van der Waals surface area contributed by atoms with Gasteiger partial charge in [0.2, 0.25) is 0 Å². The maximum Gasteiger partial charge on any atom is 0.191 e. The number of aryl methyl sites for hydroxylation is 1. The molecular weight excluding hydrogens is 340 g/mol. The van der Waals surface area contributed by atoms with Crippen LogP contribution in [0.2, 0.25) is 0 Å². The Balaban J connectivity index is 1.58. The van der Waals surface area contributed by atoms with E-state index in [2.05, 4.69) is 76.3 Å². The van der Waals surface area contributed by atoms with E-state index >= 15 is 0 Å². The number of guanidine groups is 1. The molecular formula is C21H30N4S. The van der Waals surface area contributed by atoms with E-state index in [1.807, 2.05) is 18.4 Å².